The first-order chi connectivity index (χ1) is 8.83. The van der Waals surface area contributed by atoms with E-state index in [9.17, 15) is 4.79 Å². The second-order valence-electron chi connectivity index (χ2n) is 5.50. The van der Waals surface area contributed by atoms with Crippen LogP contribution in [0.15, 0.2) is 0 Å². The highest BCUT2D eigenvalue weighted by Gasteiger charge is 2.42. The number of nitrogens with one attached hydrogen (secondary N) is 2. The first kappa shape index (κ1) is 13.8. The fourth-order valence-corrected chi connectivity index (χ4v) is 3.22. The second-order valence-corrected chi connectivity index (χ2v) is 5.50. The van der Waals surface area contributed by atoms with E-state index in [0.717, 1.165) is 45.1 Å². The van der Waals surface area contributed by atoms with Gasteiger partial charge in [-0.05, 0) is 44.1 Å². The summed E-state index contributed by atoms with van der Waals surface area (Å²) >= 11 is 0. The van der Waals surface area contributed by atoms with Gasteiger partial charge in [-0.15, -0.1) is 0 Å². The van der Waals surface area contributed by atoms with Crippen LogP contribution in [0.5, 0.6) is 0 Å². The third kappa shape index (κ3) is 3.45. The van der Waals surface area contributed by atoms with E-state index in [1.54, 1.807) is 0 Å². The van der Waals surface area contributed by atoms with Crippen molar-refractivity contribution in [2.75, 3.05) is 26.3 Å². The molecule has 2 aliphatic rings. The van der Waals surface area contributed by atoms with Crippen LogP contribution in [-0.4, -0.2) is 38.3 Å². The van der Waals surface area contributed by atoms with E-state index in [4.69, 9.17) is 4.74 Å². The number of hydrogen-bond acceptors (Lipinski definition) is 3. The zero-order chi connectivity index (χ0) is 12.8. The van der Waals surface area contributed by atoms with Crippen molar-refractivity contribution in [1.82, 2.24) is 10.6 Å². The summed E-state index contributed by atoms with van der Waals surface area (Å²) in [5, 5.41) is 6.41. The van der Waals surface area contributed by atoms with Gasteiger partial charge in [-0.25, -0.2) is 0 Å². The summed E-state index contributed by atoms with van der Waals surface area (Å²) in [4.78, 5) is 12.1. The average Bonchev–Trinajstić information content (AvgIpc) is 2.95. The highest BCUT2D eigenvalue weighted by Crippen LogP contribution is 2.37. The van der Waals surface area contributed by atoms with Crippen LogP contribution in [0.2, 0.25) is 0 Å². The molecule has 1 saturated heterocycles. The quantitative estimate of drug-likeness (QED) is 0.673. The van der Waals surface area contributed by atoms with E-state index in [-0.39, 0.29) is 11.9 Å². The number of ether oxygens (including phenoxy) is 1. The topological polar surface area (TPSA) is 50.4 Å². The Hall–Kier alpha value is -0.610. The molecule has 2 N–H and O–H groups in total. The van der Waals surface area contributed by atoms with Gasteiger partial charge >= 0.3 is 0 Å². The summed E-state index contributed by atoms with van der Waals surface area (Å²) < 4.78 is 5.39. The van der Waals surface area contributed by atoms with Crippen LogP contribution in [0.4, 0.5) is 0 Å². The normalized spacial score (nSPS) is 30.4. The van der Waals surface area contributed by atoms with Crippen molar-refractivity contribution in [3.63, 3.8) is 0 Å². The number of hydrogen-bond donors (Lipinski definition) is 2. The van der Waals surface area contributed by atoms with Gasteiger partial charge in [-0.3, -0.25) is 4.79 Å². The molecule has 4 heteroatoms. The van der Waals surface area contributed by atoms with Gasteiger partial charge in [0, 0.05) is 19.8 Å². The zero-order valence-corrected chi connectivity index (χ0v) is 11.4. The van der Waals surface area contributed by atoms with E-state index < -0.39 is 0 Å². The van der Waals surface area contributed by atoms with Crippen molar-refractivity contribution in [2.24, 2.45) is 11.8 Å². The SMILES string of the molecule is CCCOCCCNC(=O)C1NCC2CCCC21. The summed E-state index contributed by atoms with van der Waals surface area (Å²) in [6.45, 7) is 5.44. The lowest BCUT2D eigenvalue weighted by Gasteiger charge is -2.17. The summed E-state index contributed by atoms with van der Waals surface area (Å²) in [6, 6.07) is 0.0639. The monoisotopic (exact) mass is 254 g/mol. The highest BCUT2D eigenvalue weighted by atomic mass is 16.5. The Morgan fingerprint density at radius 3 is 3.11 bits per heavy atom. The van der Waals surface area contributed by atoms with Gasteiger partial charge in [0.15, 0.2) is 0 Å². The third-order valence-corrected chi connectivity index (χ3v) is 4.14. The van der Waals surface area contributed by atoms with Gasteiger partial charge in [0.25, 0.3) is 0 Å². The number of fused-ring (bicyclic) bond motifs is 1. The van der Waals surface area contributed by atoms with Crippen LogP contribution in [0.25, 0.3) is 0 Å². The van der Waals surface area contributed by atoms with Crippen LogP contribution in [0.3, 0.4) is 0 Å². The lowest BCUT2D eigenvalue weighted by atomic mass is 9.93. The third-order valence-electron chi connectivity index (χ3n) is 4.14. The largest absolute Gasteiger partial charge is 0.381 e. The Labute approximate surface area is 110 Å². The second kappa shape index (κ2) is 7.10. The minimum atomic E-state index is 0.0639. The van der Waals surface area contributed by atoms with Crippen LogP contribution in [0, 0.1) is 11.8 Å². The van der Waals surface area contributed by atoms with E-state index in [1.165, 1.54) is 19.3 Å². The Bertz CT molecular complexity index is 271. The Kier molecular flexibility index (Phi) is 5.45. The molecule has 1 heterocycles. The molecule has 3 unspecified atom stereocenters. The molecule has 0 spiro atoms. The van der Waals surface area contributed by atoms with Crippen LogP contribution < -0.4 is 10.6 Å². The molecular weight excluding hydrogens is 228 g/mol. The van der Waals surface area contributed by atoms with Crippen molar-refractivity contribution >= 4 is 5.91 Å². The molecule has 0 radical (unpaired) electrons. The van der Waals surface area contributed by atoms with Gasteiger partial charge in [-0.2, -0.15) is 0 Å². The summed E-state index contributed by atoms with van der Waals surface area (Å²) in [5.41, 5.74) is 0. The van der Waals surface area contributed by atoms with Crippen molar-refractivity contribution in [3.05, 3.63) is 0 Å². The maximum atomic E-state index is 12.1. The van der Waals surface area contributed by atoms with Crippen molar-refractivity contribution in [2.45, 2.75) is 45.1 Å². The van der Waals surface area contributed by atoms with Crippen molar-refractivity contribution < 1.29 is 9.53 Å². The predicted molar refractivity (Wildman–Crippen MR) is 71.4 cm³/mol. The molecule has 0 aromatic rings. The summed E-state index contributed by atoms with van der Waals surface area (Å²) in [6.07, 6.45) is 5.78. The van der Waals surface area contributed by atoms with Gasteiger partial charge < -0.3 is 15.4 Å². The molecule has 2 rings (SSSR count). The lowest BCUT2D eigenvalue weighted by molar-refractivity contribution is -0.123. The number of carbonyl (C=O) groups is 1. The molecule has 4 nitrogen and oxygen atoms in total. The minimum absolute atomic E-state index is 0.0639. The molecule has 104 valence electrons. The summed E-state index contributed by atoms with van der Waals surface area (Å²) in [7, 11) is 0. The fraction of sp³-hybridized carbons (Fsp3) is 0.929. The average molecular weight is 254 g/mol. The maximum absolute atomic E-state index is 12.1. The summed E-state index contributed by atoms with van der Waals surface area (Å²) in [5.74, 6) is 1.52. The zero-order valence-electron chi connectivity index (χ0n) is 11.4. The number of rotatable bonds is 7. The molecular formula is C14H26N2O2. The smallest absolute Gasteiger partial charge is 0.237 e. The fourth-order valence-electron chi connectivity index (χ4n) is 3.22. The standard InChI is InChI=1S/C14H26N2O2/c1-2-8-18-9-4-7-15-14(17)13-12-6-3-5-11(12)10-16-13/h11-13,16H,2-10H2,1H3,(H,15,17). The van der Waals surface area contributed by atoms with E-state index in [1.807, 2.05) is 0 Å². The van der Waals surface area contributed by atoms with Crippen molar-refractivity contribution in [3.8, 4) is 0 Å². The first-order valence-corrected chi connectivity index (χ1v) is 7.41. The molecule has 2 fully saturated rings. The number of carbonyl (C=O) groups excluding carboxylic acids is 1. The van der Waals surface area contributed by atoms with Crippen LogP contribution >= 0.6 is 0 Å². The van der Waals surface area contributed by atoms with Gasteiger partial charge in [-0.1, -0.05) is 13.3 Å². The Balaban J connectivity index is 1.60. The van der Waals surface area contributed by atoms with Gasteiger partial charge in [0.2, 0.25) is 5.91 Å². The van der Waals surface area contributed by atoms with E-state index >= 15 is 0 Å². The number of amides is 1. The highest BCUT2D eigenvalue weighted by molar-refractivity contribution is 5.82. The first-order valence-electron chi connectivity index (χ1n) is 7.41. The van der Waals surface area contributed by atoms with Crippen molar-refractivity contribution in [1.29, 1.82) is 0 Å². The van der Waals surface area contributed by atoms with E-state index in [2.05, 4.69) is 17.6 Å². The minimum Gasteiger partial charge on any atom is -0.381 e. The molecule has 1 aliphatic heterocycles. The molecule has 1 saturated carbocycles. The van der Waals surface area contributed by atoms with E-state index in [0.29, 0.717) is 5.92 Å². The maximum Gasteiger partial charge on any atom is 0.237 e. The molecule has 0 bridgehead atoms. The molecule has 1 amide bonds. The Morgan fingerprint density at radius 2 is 2.28 bits per heavy atom. The van der Waals surface area contributed by atoms with Gasteiger partial charge in [0.05, 0.1) is 6.04 Å². The molecule has 0 aromatic heterocycles. The van der Waals surface area contributed by atoms with Crippen LogP contribution in [0.1, 0.15) is 39.0 Å². The molecule has 0 aromatic carbocycles. The molecule has 1 aliphatic carbocycles. The lowest BCUT2D eigenvalue weighted by Crippen LogP contribution is -2.44. The molecule has 18 heavy (non-hydrogen) atoms. The Morgan fingerprint density at radius 1 is 1.39 bits per heavy atom. The van der Waals surface area contributed by atoms with Gasteiger partial charge in [0.1, 0.15) is 0 Å². The predicted octanol–water partition coefficient (Wildman–Crippen LogP) is 1.31. The van der Waals surface area contributed by atoms with Crippen LogP contribution in [-0.2, 0) is 9.53 Å². The molecule has 3 atom stereocenters.